The second kappa shape index (κ2) is 9.58. The number of amides is 2. The maximum absolute atomic E-state index is 13.4. The highest BCUT2D eigenvalue weighted by atomic mass is 32.2. The minimum Gasteiger partial charge on any atom is -0.339 e. The van der Waals surface area contributed by atoms with E-state index in [2.05, 4.69) is 0 Å². The van der Waals surface area contributed by atoms with Crippen LogP contribution in [-0.2, 0) is 22.6 Å². The number of nitrogens with zero attached hydrogens (tertiary/aromatic N) is 2. The Hall–Kier alpha value is -2.44. The van der Waals surface area contributed by atoms with Gasteiger partial charge in [0.15, 0.2) is 0 Å². The summed E-state index contributed by atoms with van der Waals surface area (Å²) in [4.78, 5) is 30.8. The fraction of sp³-hybridized carbons (Fsp3) is 0.292. The van der Waals surface area contributed by atoms with Gasteiger partial charge in [-0.2, -0.15) is 0 Å². The lowest BCUT2D eigenvalue weighted by Crippen LogP contribution is -2.38. The molecule has 0 aliphatic carbocycles. The predicted octanol–water partition coefficient (Wildman–Crippen LogP) is 4.56. The number of piperidine rings is 1. The van der Waals surface area contributed by atoms with Gasteiger partial charge in [-0.05, 0) is 30.4 Å². The molecule has 2 saturated heterocycles. The van der Waals surface area contributed by atoms with Crippen molar-refractivity contribution in [3.63, 3.8) is 0 Å². The van der Waals surface area contributed by atoms with Gasteiger partial charge < -0.3 is 4.90 Å². The average Bonchev–Trinajstić information content (AvgIpc) is 3.07. The van der Waals surface area contributed by atoms with E-state index < -0.39 is 0 Å². The smallest absolute Gasteiger partial charge is 0.266 e. The molecular weight excluding hydrogens is 412 g/mol. The Morgan fingerprint density at radius 3 is 2.13 bits per heavy atom. The number of thiocarbonyl (C=S) groups is 1. The van der Waals surface area contributed by atoms with E-state index in [0.29, 0.717) is 27.8 Å². The molecule has 2 aliphatic rings. The van der Waals surface area contributed by atoms with Crippen molar-refractivity contribution in [1.82, 2.24) is 9.80 Å². The number of hydrogen-bond acceptors (Lipinski definition) is 4. The molecule has 154 valence electrons. The van der Waals surface area contributed by atoms with E-state index in [1.54, 1.807) is 4.90 Å². The van der Waals surface area contributed by atoms with E-state index in [4.69, 9.17) is 12.2 Å². The van der Waals surface area contributed by atoms with Crippen molar-refractivity contribution in [1.29, 1.82) is 0 Å². The molecule has 0 atom stereocenters. The maximum atomic E-state index is 13.4. The molecule has 2 aromatic carbocycles. The second-order valence-electron chi connectivity index (χ2n) is 7.57. The zero-order chi connectivity index (χ0) is 20.9. The average molecular weight is 437 g/mol. The Morgan fingerprint density at radius 1 is 0.900 bits per heavy atom. The van der Waals surface area contributed by atoms with E-state index in [1.165, 1.54) is 11.8 Å². The van der Waals surface area contributed by atoms with E-state index in [1.807, 2.05) is 65.6 Å². The Balaban J connectivity index is 1.66. The zero-order valence-corrected chi connectivity index (χ0v) is 18.4. The minimum absolute atomic E-state index is 0.0289. The molecule has 2 aromatic rings. The van der Waals surface area contributed by atoms with Crippen LogP contribution in [0.5, 0.6) is 0 Å². The van der Waals surface area contributed by atoms with Crippen molar-refractivity contribution in [2.45, 2.75) is 32.2 Å². The Morgan fingerprint density at radius 2 is 1.50 bits per heavy atom. The van der Waals surface area contributed by atoms with Gasteiger partial charge in [0.05, 0.1) is 11.4 Å². The zero-order valence-electron chi connectivity index (χ0n) is 16.8. The van der Waals surface area contributed by atoms with Gasteiger partial charge in [0.2, 0.25) is 0 Å². The van der Waals surface area contributed by atoms with Gasteiger partial charge in [0.1, 0.15) is 4.32 Å². The van der Waals surface area contributed by atoms with Crippen LogP contribution in [0.2, 0.25) is 0 Å². The normalized spacial score (nSPS) is 18.7. The van der Waals surface area contributed by atoms with Gasteiger partial charge in [-0.3, -0.25) is 14.5 Å². The summed E-state index contributed by atoms with van der Waals surface area (Å²) in [6.07, 6.45) is 3.61. The maximum Gasteiger partial charge on any atom is 0.266 e. The summed E-state index contributed by atoms with van der Waals surface area (Å²) in [5.41, 5.74) is 2.60. The standard InChI is InChI=1S/C24H24N2O2S2/c27-22(25-14-8-3-9-15-25)20(16-18-10-4-1-5-11-18)21-23(28)26(24(29)30-21)17-19-12-6-2-7-13-19/h1-2,4-7,10-13H,3,8-9,14-17H2/b21-20+. The summed E-state index contributed by atoms with van der Waals surface area (Å²) in [6, 6.07) is 19.7. The number of rotatable bonds is 5. The van der Waals surface area contributed by atoms with Crippen LogP contribution in [0.15, 0.2) is 71.1 Å². The minimum atomic E-state index is -0.162. The molecule has 4 nitrogen and oxygen atoms in total. The molecule has 0 bridgehead atoms. The summed E-state index contributed by atoms with van der Waals surface area (Å²) in [7, 11) is 0. The molecule has 2 amide bonds. The van der Waals surface area contributed by atoms with Crippen molar-refractivity contribution in [2.75, 3.05) is 13.1 Å². The van der Waals surface area contributed by atoms with Crippen LogP contribution in [0.4, 0.5) is 0 Å². The fourth-order valence-electron chi connectivity index (χ4n) is 3.83. The topological polar surface area (TPSA) is 40.6 Å². The lowest BCUT2D eigenvalue weighted by atomic mass is 10.0. The molecule has 0 aromatic heterocycles. The molecule has 2 fully saturated rings. The molecule has 4 rings (SSSR count). The number of carbonyl (C=O) groups is 2. The molecule has 2 heterocycles. The molecule has 0 N–H and O–H groups in total. The molecule has 0 unspecified atom stereocenters. The first-order valence-electron chi connectivity index (χ1n) is 10.3. The van der Waals surface area contributed by atoms with Crippen molar-refractivity contribution in [2.24, 2.45) is 0 Å². The molecule has 0 saturated carbocycles. The van der Waals surface area contributed by atoms with Gasteiger partial charge in [-0.15, -0.1) is 0 Å². The van der Waals surface area contributed by atoms with Crippen molar-refractivity contribution >= 4 is 40.1 Å². The summed E-state index contributed by atoms with van der Waals surface area (Å²) >= 11 is 6.79. The Bertz CT molecular complexity index is 967. The van der Waals surface area contributed by atoms with Crippen LogP contribution >= 0.6 is 24.0 Å². The van der Waals surface area contributed by atoms with Crippen LogP contribution in [0, 0.1) is 0 Å². The van der Waals surface area contributed by atoms with E-state index >= 15 is 0 Å². The lowest BCUT2D eigenvalue weighted by Gasteiger charge is -2.28. The largest absolute Gasteiger partial charge is 0.339 e. The first-order valence-corrected chi connectivity index (χ1v) is 11.5. The number of benzene rings is 2. The van der Waals surface area contributed by atoms with Crippen molar-refractivity contribution in [3.05, 3.63) is 82.3 Å². The quantitative estimate of drug-likeness (QED) is 0.509. The van der Waals surface area contributed by atoms with E-state index in [-0.39, 0.29) is 11.8 Å². The number of carbonyl (C=O) groups excluding carboxylic acids is 2. The fourth-order valence-corrected chi connectivity index (χ4v) is 5.14. The third kappa shape index (κ3) is 4.65. The molecule has 0 spiro atoms. The summed E-state index contributed by atoms with van der Waals surface area (Å²) in [5.74, 6) is -0.191. The first-order chi connectivity index (χ1) is 14.6. The van der Waals surface area contributed by atoms with Crippen molar-refractivity contribution in [3.8, 4) is 0 Å². The summed E-state index contributed by atoms with van der Waals surface area (Å²) < 4.78 is 0.510. The van der Waals surface area contributed by atoms with E-state index in [9.17, 15) is 9.59 Å². The molecule has 30 heavy (non-hydrogen) atoms. The second-order valence-corrected chi connectivity index (χ2v) is 9.21. The number of hydrogen-bond donors (Lipinski definition) is 0. The van der Waals surface area contributed by atoms with E-state index in [0.717, 1.165) is 43.5 Å². The third-order valence-corrected chi connectivity index (χ3v) is 6.92. The highest BCUT2D eigenvalue weighted by Gasteiger charge is 2.37. The molecule has 2 aliphatic heterocycles. The van der Waals surface area contributed by atoms with Gasteiger partial charge in [0.25, 0.3) is 11.8 Å². The van der Waals surface area contributed by atoms with Crippen LogP contribution in [-0.4, -0.2) is 39.0 Å². The van der Waals surface area contributed by atoms with Crippen LogP contribution in [0.3, 0.4) is 0 Å². The summed E-state index contributed by atoms with van der Waals surface area (Å²) in [5, 5.41) is 0. The van der Waals surface area contributed by atoms with Gasteiger partial charge in [-0.1, -0.05) is 84.6 Å². The van der Waals surface area contributed by atoms with Crippen LogP contribution in [0.25, 0.3) is 0 Å². The van der Waals surface area contributed by atoms with Gasteiger partial charge in [0, 0.05) is 25.1 Å². The van der Waals surface area contributed by atoms with Crippen LogP contribution < -0.4 is 0 Å². The van der Waals surface area contributed by atoms with Crippen molar-refractivity contribution < 1.29 is 9.59 Å². The SMILES string of the molecule is O=C(/C(Cc1ccccc1)=C1/SC(=S)N(Cc2ccccc2)C1=O)N1CCCCC1. The molecular formula is C24H24N2O2S2. The highest BCUT2D eigenvalue weighted by molar-refractivity contribution is 8.26. The summed E-state index contributed by atoms with van der Waals surface area (Å²) in [6.45, 7) is 1.93. The van der Waals surface area contributed by atoms with Crippen LogP contribution in [0.1, 0.15) is 30.4 Å². The number of likely N-dealkylation sites (tertiary alicyclic amines) is 1. The number of thioether (sulfide) groups is 1. The molecule has 0 radical (unpaired) electrons. The van der Waals surface area contributed by atoms with Gasteiger partial charge in [-0.25, -0.2) is 0 Å². The Labute approximate surface area is 186 Å². The lowest BCUT2D eigenvalue weighted by molar-refractivity contribution is -0.129. The first kappa shape index (κ1) is 20.8. The van der Waals surface area contributed by atoms with Gasteiger partial charge >= 0.3 is 0 Å². The monoisotopic (exact) mass is 436 g/mol. The predicted molar refractivity (Wildman–Crippen MR) is 125 cm³/mol. The highest BCUT2D eigenvalue weighted by Crippen LogP contribution is 2.36. The molecule has 6 heteroatoms. The Kier molecular flexibility index (Phi) is 6.65. The third-order valence-electron chi connectivity index (χ3n) is 5.43.